The van der Waals surface area contributed by atoms with Gasteiger partial charge >= 0.3 is 5.97 Å². The number of nitrogens with zero attached hydrogens (tertiary/aromatic N) is 1. The molecule has 0 saturated heterocycles. The van der Waals surface area contributed by atoms with Gasteiger partial charge in [0.15, 0.2) is 5.17 Å². The van der Waals surface area contributed by atoms with E-state index in [9.17, 15) is 9.59 Å². The third kappa shape index (κ3) is 1.85. The molecular weight excluding hydrogens is 180 g/mol. The molecule has 0 unspecified atom stereocenters. The van der Waals surface area contributed by atoms with Crippen molar-refractivity contribution in [3.05, 3.63) is 11.0 Å². The summed E-state index contributed by atoms with van der Waals surface area (Å²) in [6.45, 7) is 0. The summed E-state index contributed by atoms with van der Waals surface area (Å²) in [5.41, 5.74) is 5.23. The SMILES string of the molecule is COC(=O)/C=C1/SC(N)=NC1=O. The number of amides is 1. The summed E-state index contributed by atoms with van der Waals surface area (Å²) in [6, 6.07) is 0. The van der Waals surface area contributed by atoms with Crippen LogP contribution in [0.5, 0.6) is 0 Å². The molecule has 64 valence electrons. The van der Waals surface area contributed by atoms with Crippen molar-refractivity contribution in [2.75, 3.05) is 7.11 Å². The summed E-state index contributed by atoms with van der Waals surface area (Å²) in [6.07, 6.45) is 1.07. The lowest BCUT2D eigenvalue weighted by atomic mass is 10.5. The molecule has 0 spiro atoms. The Labute approximate surface area is 72.7 Å². The summed E-state index contributed by atoms with van der Waals surface area (Å²) in [5, 5.41) is 0.148. The molecule has 0 aromatic carbocycles. The maximum atomic E-state index is 10.9. The van der Waals surface area contributed by atoms with E-state index in [1.807, 2.05) is 0 Å². The van der Waals surface area contributed by atoms with Gasteiger partial charge in [-0.1, -0.05) is 0 Å². The Morgan fingerprint density at radius 1 is 1.75 bits per heavy atom. The highest BCUT2D eigenvalue weighted by molar-refractivity contribution is 8.18. The largest absolute Gasteiger partial charge is 0.466 e. The fourth-order valence-electron chi connectivity index (χ4n) is 0.591. The molecule has 1 rings (SSSR count). The van der Waals surface area contributed by atoms with Crippen molar-refractivity contribution >= 4 is 28.8 Å². The molecule has 0 aromatic rings. The zero-order valence-electron chi connectivity index (χ0n) is 6.23. The van der Waals surface area contributed by atoms with E-state index < -0.39 is 11.9 Å². The summed E-state index contributed by atoms with van der Waals surface area (Å²) >= 11 is 0.956. The quantitative estimate of drug-likeness (QED) is 0.446. The van der Waals surface area contributed by atoms with E-state index in [0.29, 0.717) is 0 Å². The lowest BCUT2D eigenvalue weighted by molar-refractivity contribution is -0.135. The predicted molar refractivity (Wildman–Crippen MR) is 44.3 cm³/mol. The highest BCUT2D eigenvalue weighted by Crippen LogP contribution is 2.23. The van der Waals surface area contributed by atoms with Gasteiger partial charge in [-0.2, -0.15) is 4.99 Å². The van der Waals surface area contributed by atoms with Crippen molar-refractivity contribution < 1.29 is 14.3 Å². The summed E-state index contributed by atoms with van der Waals surface area (Å²) < 4.78 is 4.32. The molecule has 0 fully saturated rings. The fourth-order valence-corrected chi connectivity index (χ4v) is 1.23. The number of carbonyl (C=O) groups is 2. The molecule has 1 aliphatic heterocycles. The number of amidine groups is 1. The number of thioether (sulfide) groups is 1. The van der Waals surface area contributed by atoms with Crippen molar-refractivity contribution in [1.82, 2.24) is 0 Å². The first kappa shape index (κ1) is 8.79. The number of hydrogen-bond acceptors (Lipinski definition) is 5. The summed E-state index contributed by atoms with van der Waals surface area (Å²) in [4.78, 5) is 25.1. The van der Waals surface area contributed by atoms with Crippen molar-refractivity contribution in [2.24, 2.45) is 10.7 Å². The van der Waals surface area contributed by atoms with Crippen LogP contribution >= 0.6 is 11.8 Å². The van der Waals surface area contributed by atoms with Crippen molar-refractivity contribution in [2.45, 2.75) is 0 Å². The molecule has 5 nitrogen and oxygen atoms in total. The van der Waals surface area contributed by atoms with E-state index in [-0.39, 0.29) is 10.1 Å². The number of aliphatic imine (C=N–C) groups is 1. The van der Waals surface area contributed by atoms with Crippen molar-refractivity contribution in [3.63, 3.8) is 0 Å². The standard InChI is InChI=1S/C6H6N2O3S/c1-11-4(9)2-3-5(10)8-6(7)12-3/h2H,1H3,(H2,7,8,10)/b3-2+. The zero-order valence-corrected chi connectivity index (χ0v) is 7.05. The van der Waals surface area contributed by atoms with E-state index in [0.717, 1.165) is 17.8 Å². The van der Waals surface area contributed by atoms with Gasteiger partial charge in [-0.05, 0) is 11.8 Å². The maximum absolute atomic E-state index is 10.9. The number of ether oxygens (including phenoxy) is 1. The van der Waals surface area contributed by atoms with Crippen LogP contribution in [0.25, 0.3) is 0 Å². The van der Waals surface area contributed by atoms with E-state index >= 15 is 0 Å². The lowest BCUT2D eigenvalue weighted by Gasteiger charge is -1.91. The van der Waals surface area contributed by atoms with E-state index in [1.165, 1.54) is 7.11 Å². The Hall–Kier alpha value is -1.30. The molecule has 2 N–H and O–H groups in total. The highest BCUT2D eigenvalue weighted by atomic mass is 32.2. The number of hydrogen-bond donors (Lipinski definition) is 1. The second-order valence-electron chi connectivity index (χ2n) is 1.89. The molecular formula is C6H6N2O3S. The molecule has 1 heterocycles. The normalized spacial score (nSPS) is 19.6. The van der Waals surface area contributed by atoms with Gasteiger partial charge in [0.2, 0.25) is 0 Å². The van der Waals surface area contributed by atoms with Crippen LogP contribution in [0.15, 0.2) is 16.0 Å². The number of esters is 1. The van der Waals surface area contributed by atoms with E-state index in [4.69, 9.17) is 5.73 Å². The van der Waals surface area contributed by atoms with Crippen molar-refractivity contribution in [1.29, 1.82) is 0 Å². The van der Waals surface area contributed by atoms with Crippen LogP contribution in [0.1, 0.15) is 0 Å². The molecule has 1 amide bonds. The second kappa shape index (κ2) is 3.40. The Balaban J connectivity index is 2.75. The number of carbonyl (C=O) groups excluding carboxylic acids is 2. The lowest BCUT2D eigenvalue weighted by Crippen LogP contribution is -2.01. The monoisotopic (exact) mass is 186 g/mol. The average molecular weight is 186 g/mol. The minimum atomic E-state index is -0.587. The Morgan fingerprint density at radius 3 is 2.83 bits per heavy atom. The molecule has 0 saturated carbocycles. The molecule has 0 aliphatic carbocycles. The zero-order chi connectivity index (χ0) is 9.14. The van der Waals surface area contributed by atoms with Crippen LogP contribution in [0.3, 0.4) is 0 Å². The summed E-state index contributed by atoms with van der Waals surface area (Å²) in [7, 11) is 1.23. The van der Waals surface area contributed by atoms with Crippen LogP contribution in [-0.2, 0) is 14.3 Å². The third-order valence-electron chi connectivity index (χ3n) is 1.09. The Kier molecular flexibility index (Phi) is 2.49. The minimum absolute atomic E-state index is 0.148. The Morgan fingerprint density at radius 2 is 2.42 bits per heavy atom. The smallest absolute Gasteiger partial charge is 0.331 e. The highest BCUT2D eigenvalue weighted by Gasteiger charge is 2.20. The molecule has 0 aromatic heterocycles. The second-order valence-corrected chi connectivity index (χ2v) is 2.95. The molecule has 0 bridgehead atoms. The first-order valence-corrected chi connectivity index (χ1v) is 3.81. The number of nitrogens with two attached hydrogens (primary N) is 1. The molecule has 0 radical (unpaired) electrons. The van der Waals surface area contributed by atoms with E-state index in [1.54, 1.807) is 0 Å². The molecule has 0 atom stereocenters. The molecule has 1 aliphatic rings. The minimum Gasteiger partial charge on any atom is -0.466 e. The molecule has 6 heteroatoms. The van der Waals surface area contributed by atoms with Crippen LogP contribution in [0.2, 0.25) is 0 Å². The predicted octanol–water partition coefficient (Wildman–Crippen LogP) is -0.369. The maximum Gasteiger partial charge on any atom is 0.331 e. The van der Waals surface area contributed by atoms with Gasteiger partial charge in [-0.15, -0.1) is 0 Å². The van der Waals surface area contributed by atoms with Crippen LogP contribution < -0.4 is 5.73 Å². The fraction of sp³-hybridized carbons (Fsp3) is 0.167. The van der Waals surface area contributed by atoms with Gasteiger partial charge in [-0.25, -0.2) is 4.79 Å². The van der Waals surface area contributed by atoms with Gasteiger partial charge < -0.3 is 10.5 Å². The van der Waals surface area contributed by atoms with Gasteiger partial charge in [0.05, 0.1) is 12.0 Å². The van der Waals surface area contributed by atoms with Crippen LogP contribution in [-0.4, -0.2) is 24.2 Å². The van der Waals surface area contributed by atoms with Gasteiger partial charge in [0, 0.05) is 6.08 Å². The summed E-state index contributed by atoms with van der Waals surface area (Å²) in [5.74, 6) is -1.08. The number of methoxy groups -OCH3 is 1. The van der Waals surface area contributed by atoms with Gasteiger partial charge in [-0.3, -0.25) is 4.79 Å². The first-order chi connectivity index (χ1) is 5.63. The third-order valence-corrected chi connectivity index (χ3v) is 1.90. The average Bonchev–Trinajstić information content (AvgIpc) is 2.30. The van der Waals surface area contributed by atoms with E-state index in [2.05, 4.69) is 9.73 Å². The van der Waals surface area contributed by atoms with Gasteiger partial charge in [0.1, 0.15) is 0 Å². The van der Waals surface area contributed by atoms with Crippen LogP contribution in [0.4, 0.5) is 0 Å². The topological polar surface area (TPSA) is 81.8 Å². The van der Waals surface area contributed by atoms with Gasteiger partial charge in [0.25, 0.3) is 5.91 Å². The Bertz CT molecular complexity index is 295. The van der Waals surface area contributed by atoms with Crippen molar-refractivity contribution in [3.8, 4) is 0 Å². The first-order valence-electron chi connectivity index (χ1n) is 2.99. The van der Waals surface area contributed by atoms with Crippen LogP contribution in [0, 0.1) is 0 Å². The molecule has 12 heavy (non-hydrogen) atoms. The number of rotatable bonds is 1.